The predicted octanol–water partition coefficient (Wildman–Crippen LogP) is 1.59. The third-order valence-electron chi connectivity index (χ3n) is 5.24. The van der Waals surface area contributed by atoms with Gasteiger partial charge in [0.1, 0.15) is 0 Å². The van der Waals surface area contributed by atoms with E-state index in [1.807, 2.05) is 31.2 Å². The molecule has 2 aromatic rings. The monoisotopic (exact) mass is 399 g/mol. The number of benzene rings is 1. The summed E-state index contributed by atoms with van der Waals surface area (Å²) < 4.78 is 23.1. The van der Waals surface area contributed by atoms with Gasteiger partial charge in [0.05, 0.1) is 22.6 Å². The maximum Gasteiger partial charge on any atom is 0.260 e. The number of hydrogen-bond donors (Lipinski definition) is 1. The Kier molecular flexibility index (Phi) is 4.66. The molecular formula is C20H21N3O4S. The van der Waals surface area contributed by atoms with E-state index in [4.69, 9.17) is 0 Å². The first-order valence-electron chi connectivity index (χ1n) is 9.22. The first-order valence-corrected chi connectivity index (χ1v) is 11.0. The van der Waals surface area contributed by atoms with Crippen LogP contribution in [0.5, 0.6) is 0 Å². The molecule has 4 rings (SSSR count). The molecule has 3 heterocycles. The third-order valence-corrected chi connectivity index (χ3v) is 7.01. The van der Waals surface area contributed by atoms with E-state index < -0.39 is 21.8 Å². The predicted molar refractivity (Wildman–Crippen MR) is 105 cm³/mol. The van der Waals surface area contributed by atoms with Crippen LogP contribution in [0.25, 0.3) is 0 Å². The normalized spacial score (nSPS) is 22.7. The van der Waals surface area contributed by atoms with Crippen molar-refractivity contribution in [3.63, 3.8) is 0 Å². The third kappa shape index (κ3) is 3.52. The number of para-hydroxylation sites is 1. The van der Waals surface area contributed by atoms with Crippen molar-refractivity contribution in [1.82, 2.24) is 10.3 Å². The largest absolute Gasteiger partial charge is 0.348 e. The fourth-order valence-electron chi connectivity index (χ4n) is 3.87. The summed E-state index contributed by atoms with van der Waals surface area (Å²) in [5.41, 5.74) is 2.57. The van der Waals surface area contributed by atoms with Gasteiger partial charge in [0.25, 0.3) is 11.8 Å². The van der Waals surface area contributed by atoms with Gasteiger partial charge in [-0.25, -0.2) is 8.42 Å². The lowest BCUT2D eigenvalue weighted by Crippen LogP contribution is -2.37. The average molecular weight is 399 g/mol. The Balaban J connectivity index is 1.54. The number of sulfone groups is 1. The minimum atomic E-state index is -3.08. The van der Waals surface area contributed by atoms with Gasteiger partial charge in [0.2, 0.25) is 0 Å². The van der Waals surface area contributed by atoms with Crippen LogP contribution in [-0.4, -0.2) is 48.8 Å². The lowest BCUT2D eigenvalue weighted by atomic mass is 10.1. The van der Waals surface area contributed by atoms with Crippen molar-refractivity contribution in [2.75, 3.05) is 16.4 Å². The van der Waals surface area contributed by atoms with E-state index in [-0.39, 0.29) is 29.0 Å². The van der Waals surface area contributed by atoms with Crippen molar-refractivity contribution in [3.8, 4) is 0 Å². The number of nitrogens with zero attached hydrogens (tertiary/aromatic N) is 2. The molecule has 7 nitrogen and oxygen atoms in total. The molecule has 1 N–H and O–H groups in total. The molecule has 2 aliphatic rings. The number of carbonyl (C=O) groups is 2. The Bertz CT molecular complexity index is 1050. The highest BCUT2D eigenvalue weighted by atomic mass is 32.2. The molecular weight excluding hydrogens is 378 g/mol. The van der Waals surface area contributed by atoms with Crippen LogP contribution in [0, 0.1) is 0 Å². The van der Waals surface area contributed by atoms with E-state index in [0.717, 1.165) is 17.7 Å². The smallest absolute Gasteiger partial charge is 0.260 e. The zero-order valence-electron chi connectivity index (χ0n) is 15.5. The van der Waals surface area contributed by atoms with E-state index in [1.165, 1.54) is 18.5 Å². The minimum Gasteiger partial charge on any atom is -0.348 e. The average Bonchev–Trinajstić information content (AvgIpc) is 3.19. The number of carbonyl (C=O) groups excluding carboxylic acids is 2. The topological polar surface area (TPSA) is 96.4 Å². The first kappa shape index (κ1) is 18.6. The van der Waals surface area contributed by atoms with Gasteiger partial charge in [-0.1, -0.05) is 18.2 Å². The summed E-state index contributed by atoms with van der Waals surface area (Å²) in [7, 11) is -3.08. The molecule has 1 fully saturated rings. The van der Waals surface area contributed by atoms with Crippen LogP contribution in [0.15, 0.2) is 42.7 Å². The molecule has 2 atom stereocenters. The van der Waals surface area contributed by atoms with Gasteiger partial charge in [0, 0.05) is 30.2 Å². The van der Waals surface area contributed by atoms with E-state index in [1.54, 1.807) is 4.90 Å². The van der Waals surface area contributed by atoms with Crippen molar-refractivity contribution in [2.45, 2.75) is 31.8 Å². The molecule has 1 saturated heterocycles. The number of nitrogens with one attached hydrogen (secondary N) is 1. The highest BCUT2D eigenvalue weighted by molar-refractivity contribution is 7.91. The Morgan fingerprint density at radius 2 is 1.93 bits per heavy atom. The second kappa shape index (κ2) is 7.01. The number of rotatable bonds is 3. The summed E-state index contributed by atoms with van der Waals surface area (Å²) in [6.07, 6.45) is 4.03. The molecule has 0 saturated carbocycles. The second-order valence-electron chi connectivity index (χ2n) is 7.39. The van der Waals surface area contributed by atoms with Gasteiger partial charge in [-0.05, 0) is 37.5 Å². The number of amides is 2. The molecule has 0 aliphatic carbocycles. The Morgan fingerprint density at radius 1 is 1.18 bits per heavy atom. The molecule has 2 amide bonds. The fraction of sp³-hybridized carbons (Fsp3) is 0.350. The van der Waals surface area contributed by atoms with Crippen molar-refractivity contribution >= 4 is 27.3 Å². The minimum absolute atomic E-state index is 0.0195. The van der Waals surface area contributed by atoms with Crippen LogP contribution in [0.4, 0.5) is 5.69 Å². The van der Waals surface area contributed by atoms with Crippen molar-refractivity contribution in [1.29, 1.82) is 0 Å². The highest BCUT2D eigenvalue weighted by Gasteiger charge is 2.32. The molecule has 0 spiro atoms. The SMILES string of the molecule is CC1Cc2ccccc2N1C(=O)c1cncc(C(=O)NC2CCS(=O)(=O)C2)c1. The fourth-order valence-corrected chi connectivity index (χ4v) is 5.55. The van der Waals surface area contributed by atoms with E-state index in [0.29, 0.717) is 12.0 Å². The standard InChI is InChI=1S/C20H21N3O4S/c1-13-8-14-4-2-3-5-18(14)23(13)20(25)16-9-15(10-21-11-16)19(24)22-17-6-7-28(26,27)12-17/h2-5,9-11,13,17H,6-8,12H2,1H3,(H,22,24). The van der Waals surface area contributed by atoms with Gasteiger partial charge in [-0.3, -0.25) is 14.6 Å². The molecule has 2 aliphatic heterocycles. The van der Waals surface area contributed by atoms with Crippen molar-refractivity contribution in [3.05, 3.63) is 59.4 Å². The Morgan fingerprint density at radius 3 is 2.68 bits per heavy atom. The lowest BCUT2D eigenvalue weighted by molar-refractivity contribution is 0.0940. The summed E-state index contributed by atoms with van der Waals surface area (Å²) in [6, 6.07) is 8.91. The van der Waals surface area contributed by atoms with Gasteiger partial charge >= 0.3 is 0 Å². The van der Waals surface area contributed by atoms with Crippen molar-refractivity contribution < 1.29 is 18.0 Å². The Hall–Kier alpha value is -2.74. The molecule has 8 heteroatoms. The van der Waals surface area contributed by atoms with Gasteiger partial charge in [-0.15, -0.1) is 0 Å². The first-order chi connectivity index (χ1) is 13.3. The quantitative estimate of drug-likeness (QED) is 0.846. The maximum absolute atomic E-state index is 13.1. The molecule has 1 aromatic heterocycles. The summed E-state index contributed by atoms with van der Waals surface area (Å²) in [6.45, 7) is 1.99. The summed E-state index contributed by atoms with van der Waals surface area (Å²) >= 11 is 0. The molecule has 2 unspecified atom stereocenters. The molecule has 146 valence electrons. The van der Waals surface area contributed by atoms with Gasteiger partial charge in [-0.2, -0.15) is 0 Å². The summed E-state index contributed by atoms with van der Waals surface area (Å²) in [4.78, 5) is 31.4. The van der Waals surface area contributed by atoms with E-state index in [9.17, 15) is 18.0 Å². The number of pyridine rings is 1. The van der Waals surface area contributed by atoms with Gasteiger partial charge in [0.15, 0.2) is 9.84 Å². The van der Waals surface area contributed by atoms with Gasteiger partial charge < -0.3 is 10.2 Å². The van der Waals surface area contributed by atoms with E-state index in [2.05, 4.69) is 10.3 Å². The summed E-state index contributed by atoms with van der Waals surface area (Å²) in [5, 5.41) is 2.73. The number of fused-ring (bicyclic) bond motifs is 1. The molecule has 28 heavy (non-hydrogen) atoms. The zero-order chi connectivity index (χ0) is 19.9. The Labute approximate surface area is 163 Å². The summed E-state index contributed by atoms with van der Waals surface area (Å²) in [5.74, 6) is -0.587. The van der Waals surface area contributed by atoms with Crippen LogP contribution in [0.1, 0.15) is 39.6 Å². The number of hydrogen-bond acceptors (Lipinski definition) is 5. The molecule has 1 aromatic carbocycles. The maximum atomic E-state index is 13.1. The molecule has 0 radical (unpaired) electrons. The van der Waals surface area contributed by atoms with E-state index >= 15 is 0 Å². The van der Waals surface area contributed by atoms with Crippen LogP contribution in [0.3, 0.4) is 0 Å². The van der Waals surface area contributed by atoms with Crippen molar-refractivity contribution in [2.24, 2.45) is 0 Å². The number of anilines is 1. The van der Waals surface area contributed by atoms with Crippen LogP contribution < -0.4 is 10.2 Å². The highest BCUT2D eigenvalue weighted by Crippen LogP contribution is 2.33. The lowest BCUT2D eigenvalue weighted by Gasteiger charge is -2.23. The van der Waals surface area contributed by atoms with Crippen LogP contribution in [-0.2, 0) is 16.3 Å². The van der Waals surface area contributed by atoms with Crippen LogP contribution in [0.2, 0.25) is 0 Å². The molecule has 0 bridgehead atoms. The number of aromatic nitrogens is 1. The van der Waals surface area contributed by atoms with Crippen LogP contribution >= 0.6 is 0 Å². The zero-order valence-corrected chi connectivity index (χ0v) is 16.3. The second-order valence-corrected chi connectivity index (χ2v) is 9.62.